The highest BCUT2D eigenvalue weighted by Gasteiger charge is 2.26. The monoisotopic (exact) mass is 475 g/mol. The number of benzene rings is 2. The topological polar surface area (TPSA) is 82.4 Å². The quantitative estimate of drug-likeness (QED) is 0.550. The van der Waals surface area contributed by atoms with Gasteiger partial charge in [-0.15, -0.1) is 0 Å². The summed E-state index contributed by atoms with van der Waals surface area (Å²) in [6.07, 6.45) is 3.58. The molecular weight excluding hydrogens is 453 g/mol. The van der Waals surface area contributed by atoms with Crippen molar-refractivity contribution in [3.63, 3.8) is 0 Å². The molecule has 2 aromatic carbocycles. The van der Waals surface area contributed by atoms with Gasteiger partial charge in [-0.25, -0.2) is 4.98 Å². The zero-order chi connectivity index (χ0) is 22.7. The molecule has 1 aromatic heterocycles. The number of nitrogens with zero attached hydrogens (tertiary/aromatic N) is 2. The van der Waals surface area contributed by atoms with Crippen LogP contribution in [-0.2, 0) is 16.1 Å². The van der Waals surface area contributed by atoms with Gasteiger partial charge in [0.05, 0.1) is 34.9 Å². The molecule has 2 atom stereocenters. The van der Waals surface area contributed by atoms with Crippen molar-refractivity contribution < 1.29 is 14.3 Å². The summed E-state index contributed by atoms with van der Waals surface area (Å²) in [6, 6.07) is 9.87. The van der Waals surface area contributed by atoms with Gasteiger partial charge in [0.15, 0.2) is 5.78 Å². The van der Waals surface area contributed by atoms with Crippen molar-refractivity contribution in [2.75, 3.05) is 13.7 Å². The van der Waals surface area contributed by atoms with Crippen molar-refractivity contribution in [3.05, 3.63) is 63.1 Å². The number of halogens is 2. The number of Topliss-reactive ketones (excluding diaryl/α,β-unsaturated/α-hetero) is 1. The number of methoxy groups -OCH3 is 1. The number of hydrogen-bond donors (Lipinski definition) is 1. The number of aromatic nitrogens is 2. The van der Waals surface area contributed by atoms with Crippen molar-refractivity contribution in [1.29, 1.82) is 0 Å². The fourth-order valence-electron chi connectivity index (χ4n) is 3.89. The molecule has 0 bridgehead atoms. The lowest BCUT2D eigenvalue weighted by molar-refractivity contribution is -0.121. The second-order valence-electron chi connectivity index (χ2n) is 7.75. The van der Waals surface area contributed by atoms with E-state index in [-0.39, 0.29) is 36.5 Å². The van der Waals surface area contributed by atoms with Crippen molar-refractivity contribution in [2.45, 2.75) is 38.0 Å². The van der Waals surface area contributed by atoms with E-state index in [1.807, 2.05) is 0 Å². The van der Waals surface area contributed by atoms with Gasteiger partial charge in [-0.1, -0.05) is 23.2 Å². The van der Waals surface area contributed by atoms with Gasteiger partial charge in [0.1, 0.15) is 11.5 Å². The number of fused-ring (bicyclic) bond motifs is 1. The maximum absolute atomic E-state index is 13.1. The number of carbonyl (C=O) groups is 1. The first-order valence-electron chi connectivity index (χ1n) is 10.3. The smallest absolute Gasteiger partial charge is 0.261 e. The second kappa shape index (κ2) is 10.0. The molecule has 1 aliphatic heterocycles. The second-order valence-corrected chi connectivity index (χ2v) is 8.60. The van der Waals surface area contributed by atoms with Crippen LogP contribution in [0.25, 0.3) is 10.9 Å². The summed E-state index contributed by atoms with van der Waals surface area (Å²) >= 11 is 12.2. The Kier molecular flexibility index (Phi) is 7.10. The summed E-state index contributed by atoms with van der Waals surface area (Å²) < 4.78 is 12.6. The number of hydrogen-bond acceptors (Lipinski definition) is 6. The highest BCUT2D eigenvalue weighted by atomic mass is 35.5. The van der Waals surface area contributed by atoms with Crippen LogP contribution in [0.5, 0.6) is 11.5 Å². The van der Waals surface area contributed by atoms with E-state index < -0.39 is 0 Å². The van der Waals surface area contributed by atoms with Gasteiger partial charge < -0.3 is 14.8 Å². The van der Waals surface area contributed by atoms with Gasteiger partial charge in [-0.3, -0.25) is 14.2 Å². The predicted octanol–water partition coefficient (Wildman–Crippen LogP) is 4.22. The first kappa shape index (κ1) is 22.7. The molecule has 0 radical (unpaired) electrons. The molecule has 4 rings (SSSR count). The molecule has 1 aliphatic rings. The fourth-order valence-corrected chi connectivity index (χ4v) is 4.21. The van der Waals surface area contributed by atoms with Crippen molar-refractivity contribution in [1.82, 2.24) is 14.9 Å². The highest BCUT2D eigenvalue weighted by molar-refractivity contribution is 6.32. The van der Waals surface area contributed by atoms with E-state index in [1.54, 1.807) is 43.5 Å². The minimum Gasteiger partial charge on any atom is -0.456 e. The molecule has 1 N–H and O–H groups in total. The molecule has 168 valence electrons. The van der Waals surface area contributed by atoms with Crippen LogP contribution >= 0.6 is 23.2 Å². The van der Waals surface area contributed by atoms with E-state index in [0.29, 0.717) is 32.4 Å². The molecule has 9 heteroatoms. The average molecular weight is 476 g/mol. The number of rotatable bonds is 7. The molecule has 1 saturated heterocycles. The van der Waals surface area contributed by atoms with Crippen LogP contribution in [0.4, 0.5) is 0 Å². The summed E-state index contributed by atoms with van der Waals surface area (Å²) in [6.45, 7) is 0.791. The first-order valence-corrected chi connectivity index (χ1v) is 11.1. The normalized spacial score (nSPS) is 18.6. The number of carbonyl (C=O) groups excluding carboxylic acids is 1. The van der Waals surface area contributed by atoms with E-state index in [9.17, 15) is 9.59 Å². The maximum atomic E-state index is 13.1. The summed E-state index contributed by atoms with van der Waals surface area (Å²) in [7, 11) is 1.65. The van der Waals surface area contributed by atoms with Gasteiger partial charge in [0.25, 0.3) is 5.56 Å². The largest absolute Gasteiger partial charge is 0.456 e. The van der Waals surface area contributed by atoms with Crippen LogP contribution in [0.15, 0.2) is 47.5 Å². The lowest BCUT2D eigenvalue weighted by Gasteiger charge is -2.31. The summed E-state index contributed by atoms with van der Waals surface area (Å²) in [5.41, 5.74) is 0.0985. The van der Waals surface area contributed by atoms with Crippen LogP contribution in [0.3, 0.4) is 0 Å². The molecule has 0 saturated carbocycles. The van der Waals surface area contributed by atoms with E-state index in [0.717, 1.165) is 19.4 Å². The van der Waals surface area contributed by atoms with E-state index in [2.05, 4.69) is 10.3 Å². The first-order chi connectivity index (χ1) is 15.4. The number of ether oxygens (including phenoxy) is 2. The Hall–Kier alpha value is -2.45. The molecule has 0 unspecified atom stereocenters. The standard InChI is InChI=1S/C23H23Cl2N3O4/c1-31-21-3-2-8-26-20(21)9-15(29)12-28-13-27-19-11-18(25)22(10-17(19)23(28)30)32-16-6-4-14(24)5-7-16/h4-7,10-11,13,20-21,26H,2-3,8-9,12H2,1H3/t20-,21+/m0/s1. The SMILES string of the molecule is CO[C@@H]1CCCN[C@H]1CC(=O)Cn1cnc2cc(Cl)c(Oc3ccc(Cl)cc3)cc2c1=O. The third-order valence-corrected chi connectivity index (χ3v) is 6.08. The molecule has 2 heterocycles. The van der Waals surface area contributed by atoms with Crippen LogP contribution < -0.4 is 15.6 Å². The minimum absolute atomic E-state index is 0.00568. The Morgan fingerprint density at radius 2 is 2.03 bits per heavy atom. The molecule has 0 spiro atoms. The lowest BCUT2D eigenvalue weighted by Crippen LogP contribution is -2.47. The van der Waals surface area contributed by atoms with E-state index >= 15 is 0 Å². The maximum Gasteiger partial charge on any atom is 0.261 e. The lowest BCUT2D eigenvalue weighted by atomic mass is 9.96. The Balaban J connectivity index is 1.55. The number of ketones is 1. The van der Waals surface area contributed by atoms with Crippen molar-refractivity contribution >= 4 is 39.9 Å². The van der Waals surface area contributed by atoms with Gasteiger partial charge in [-0.05, 0) is 55.8 Å². The fraction of sp³-hybridized carbons (Fsp3) is 0.348. The van der Waals surface area contributed by atoms with Gasteiger partial charge in [-0.2, -0.15) is 0 Å². The zero-order valence-corrected chi connectivity index (χ0v) is 19.0. The minimum atomic E-state index is -0.333. The Morgan fingerprint density at radius 1 is 1.25 bits per heavy atom. The number of nitrogens with one attached hydrogen (secondary N) is 1. The molecule has 0 aliphatic carbocycles. The van der Waals surface area contributed by atoms with Crippen LogP contribution in [0.2, 0.25) is 10.0 Å². The molecule has 1 fully saturated rings. The van der Waals surface area contributed by atoms with Gasteiger partial charge in [0.2, 0.25) is 0 Å². The van der Waals surface area contributed by atoms with E-state index in [1.165, 1.54) is 10.9 Å². The van der Waals surface area contributed by atoms with Crippen LogP contribution in [-0.4, -0.2) is 41.1 Å². The molecule has 7 nitrogen and oxygen atoms in total. The Labute approximate surface area is 195 Å². The van der Waals surface area contributed by atoms with Crippen LogP contribution in [0, 0.1) is 0 Å². The number of piperidine rings is 1. The third kappa shape index (κ3) is 5.13. The average Bonchev–Trinajstić information content (AvgIpc) is 2.78. The van der Waals surface area contributed by atoms with Crippen LogP contribution in [0.1, 0.15) is 19.3 Å². The van der Waals surface area contributed by atoms with Crippen molar-refractivity contribution in [3.8, 4) is 11.5 Å². The Bertz CT molecular complexity index is 1180. The molecular formula is C23H23Cl2N3O4. The molecule has 32 heavy (non-hydrogen) atoms. The summed E-state index contributed by atoms with van der Waals surface area (Å²) in [5, 5.41) is 4.56. The van der Waals surface area contributed by atoms with Gasteiger partial charge >= 0.3 is 0 Å². The zero-order valence-electron chi connectivity index (χ0n) is 17.5. The van der Waals surface area contributed by atoms with Gasteiger partial charge in [0, 0.05) is 24.6 Å². The summed E-state index contributed by atoms with van der Waals surface area (Å²) in [5.74, 6) is 0.780. The van der Waals surface area contributed by atoms with Crippen molar-refractivity contribution in [2.24, 2.45) is 0 Å². The molecule has 3 aromatic rings. The molecule has 0 amide bonds. The predicted molar refractivity (Wildman–Crippen MR) is 124 cm³/mol. The summed E-state index contributed by atoms with van der Waals surface area (Å²) in [4.78, 5) is 30.0. The Morgan fingerprint density at radius 3 is 2.78 bits per heavy atom. The highest BCUT2D eigenvalue weighted by Crippen LogP contribution is 2.32. The van der Waals surface area contributed by atoms with E-state index in [4.69, 9.17) is 32.7 Å². The third-order valence-electron chi connectivity index (χ3n) is 5.54.